The van der Waals surface area contributed by atoms with Gasteiger partial charge in [0.05, 0.1) is 17.9 Å². The molecule has 0 saturated carbocycles. The van der Waals surface area contributed by atoms with Crippen LogP contribution in [0.25, 0.3) is 11.5 Å². The Morgan fingerprint density at radius 1 is 1.42 bits per heavy atom. The van der Waals surface area contributed by atoms with Gasteiger partial charge in [-0.1, -0.05) is 23.9 Å². The average molecular weight is 348 g/mol. The van der Waals surface area contributed by atoms with Gasteiger partial charge in [0.1, 0.15) is 5.75 Å². The Hall–Kier alpha value is -2.55. The second kappa shape index (κ2) is 7.35. The molecule has 24 heavy (non-hydrogen) atoms. The molecule has 0 aliphatic carbocycles. The van der Waals surface area contributed by atoms with Crippen molar-refractivity contribution in [2.75, 3.05) is 25.4 Å². The molecule has 3 amide bonds. The zero-order chi connectivity index (χ0) is 16.9. The van der Waals surface area contributed by atoms with E-state index in [0.717, 1.165) is 11.8 Å². The Morgan fingerprint density at radius 3 is 3.00 bits per heavy atom. The lowest BCUT2D eigenvalue weighted by atomic mass is 10.2. The quantitative estimate of drug-likeness (QED) is 0.795. The minimum Gasteiger partial charge on any atom is -0.493 e. The van der Waals surface area contributed by atoms with E-state index in [1.165, 1.54) is 4.90 Å². The van der Waals surface area contributed by atoms with E-state index < -0.39 is 0 Å². The van der Waals surface area contributed by atoms with Crippen molar-refractivity contribution in [1.82, 2.24) is 20.4 Å². The number of hydrogen-bond donors (Lipinski definition) is 1. The molecule has 2 aromatic rings. The Bertz CT molecular complexity index is 749. The minimum absolute atomic E-state index is 0.0577. The van der Waals surface area contributed by atoms with Crippen LogP contribution in [0.2, 0.25) is 0 Å². The maximum Gasteiger partial charge on any atom is 0.324 e. The smallest absolute Gasteiger partial charge is 0.324 e. The van der Waals surface area contributed by atoms with Crippen molar-refractivity contribution in [3.8, 4) is 17.2 Å². The Balaban J connectivity index is 1.66. The molecule has 0 spiro atoms. The van der Waals surface area contributed by atoms with Gasteiger partial charge in [0.25, 0.3) is 11.1 Å². The average Bonchev–Trinajstić information content (AvgIpc) is 3.22. The predicted molar refractivity (Wildman–Crippen MR) is 86.7 cm³/mol. The van der Waals surface area contributed by atoms with Crippen LogP contribution < -0.4 is 10.1 Å². The summed E-state index contributed by atoms with van der Waals surface area (Å²) in [5.74, 6) is 0.754. The number of nitrogens with zero attached hydrogens (tertiary/aromatic N) is 3. The molecular formula is C15H16N4O4S. The molecule has 1 aromatic carbocycles. The van der Waals surface area contributed by atoms with Gasteiger partial charge in [-0.3, -0.25) is 9.69 Å². The summed E-state index contributed by atoms with van der Waals surface area (Å²) >= 11 is 1.10. The van der Waals surface area contributed by atoms with Crippen LogP contribution in [0, 0.1) is 0 Å². The third-order valence-electron chi connectivity index (χ3n) is 3.30. The topological polar surface area (TPSA) is 97.6 Å². The lowest BCUT2D eigenvalue weighted by Crippen LogP contribution is -2.35. The van der Waals surface area contributed by atoms with Crippen molar-refractivity contribution in [3.05, 3.63) is 24.3 Å². The van der Waals surface area contributed by atoms with E-state index in [-0.39, 0.29) is 22.9 Å². The second-order valence-corrected chi connectivity index (χ2v) is 5.79. The summed E-state index contributed by atoms with van der Waals surface area (Å²) in [6, 6.07) is 7.00. The van der Waals surface area contributed by atoms with Gasteiger partial charge < -0.3 is 14.5 Å². The first-order chi connectivity index (χ1) is 11.7. The van der Waals surface area contributed by atoms with E-state index in [9.17, 15) is 9.59 Å². The third-order valence-corrected chi connectivity index (χ3v) is 4.10. The van der Waals surface area contributed by atoms with E-state index in [4.69, 9.17) is 9.15 Å². The second-order valence-electron chi connectivity index (χ2n) is 4.87. The molecule has 3 rings (SSSR count). The standard InChI is InChI=1S/C15H16N4O4S/c1-2-22-11-6-4-3-5-10(11)13-17-18-15(23-13)24-9-12(20)19-8-7-16-14(19)21/h3-6H,2,7-9H2,1H3,(H,16,21). The molecule has 8 nitrogen and oxygen atoms in total. The van der Waals surface area contributed by atoms with E-state index in [1.54, 1.807) is 0 Å². The summed E-state index contributed by atoms with van der Waals surface area (Å²) in [5.41, 5.74) is 0.698. The predicted octanol–water partition coefficient (Wildman–Crippen LogP) is 1.78. The highest BCUT2D eigenvalue weighted by molar-refractivity contribution is 7.99. The Kier molecular flexibility index (Phi) is 4.99. The van der Waals surface area contributed by atoms with Gasteiger partial charge in [-0.15, -0.1) is 10.2 Å². The molecule has 1 aromatic heterocycles. The number of carbonyl (C=O) groups is 2. The largest absolute Gasteiger partial charge is 0.493 e. The van der Waals surface area contributed by atoms with Gasteiger partial charge in [-0.2, -0.15) is 0 Å². The molecule has 0 unspecified atom stereocenters. The molecule has 126 valence electrons. The molecule has 0 atom stereocenters. The highest BCUT2D eigenvalue weighted by Gasteiger charge is 2.26. The van der Waals surface area contributed by atoms with Crippen LogP contribution in [0.1, 0.15) is 6.92 Å². The van der Waals surface area contributed by atoms with Crippen molar-refractivity contribution >= 4 is 23.7 Å². The molecule has 9 heteroatoms. The normalized spacial score (nSPS) is 13.9. The maximum absolute atomic E-state index is 12.0. The van der Waals surface area contributed by atoms with Crippen molar-refractivity contribution in [1.29, 1.82) is 0 Å². The zero-order valence-corrected chi connectivity index (χ0v) is 13.8. The van der Waals surface area contributed by atoms with Gasteiger partial charge in [0.2, 0.25) is 5.91 Å². The summed E-state index contributed by atoms with van der Waals surface area (Å²) in [6.45, 7) is 3.29. The van der Waals surface area contributed by atoms with Crippen molar-refractivity contribution in [3.63, 3.8) is 0 Å². The lowest BCUT2D eigenvalue weighted by molar-refractivity contribution is -0.124. The maximum atomic E-state index is 12.0. The molecule has 0 radical (unpaired) electrons. The van der Waals surface area contributed by atoms with Gasteiger partial charge in [0, 0.05) is 13.1 Å². The summed E-state index contributed by atoms with van der Waals surface area (Å²) < 4.78 is 11.1. The summed E-state index contributed by atoms with van der Waals surface area (Å²) in [4.78, 5) is 24.6. The molecule has 1 fully saturated rings. The Morgan fingerprint density at radius 2 is 2.25 bits per heavy atom. The van der Waals surface area contributed by atoms with Crippen molar-refractivity contribution in [2.45, 2.75) is 12.1 Å². The van der Waals surface area contributed by atoms with Crippen LogP contribution >= 0.6 is 11.8 Å². The fourth-order valence-electron chi connectivity index (χ4n) is 2.21. The number of rotatable bonds is 6. The molecule has 2 heterocycles. The van der Waals surface area contributed by atoms with E-state index in [2.05, 4.69) is 15.5 Å². The van der Waals surface area contributed by atoms with Crippen LogP contribution in [0.15, 0.2) is 33.9 Å². The van der Waals surface area contributed by atoms with Crippen molar-refractivity contribution in [2.24, 2.45) is 0 Å². The summed E-state index contributed by atoms with van der Waals surface area (Å²) in [5, 5.41) is 10.8. The van der Waals surface area contributed by atoms with Crippen LogP contribution in [-0.4, -0.2) is 52.5 Å². The number of imide groups is 1. The first kappa shape index (κ1) is 16.3. The number of aromatic nitrogens is 2. The molecular weight excluding hydrogens is 332 g/mol. The van der Waals surface area contributed by atoms with Gasteiger partial charge in [0.15, 0.2) is 0 Å². The van der Waals surface area contributed by atoms with Crippen LogP contribution in [-0.2, 0) is 4.79 Å². The first-order valence-corrected chi connectivity index (χ1v) is 8.44. The number of thioether (sulfide) groups is 1. The number of urea groups is 1. The van der Waals surface area contributed by atoms with Gasteiger partial charge in [-0.05, 0) is 19.1 Å². The van der Waals surface area contributed by atoms with Crippen LogP contribution in [0.4, 0.5) is 4.79 Å². The molecule has 1 aliphatic rings. The number of benzene rings is 1. The van der Waals surface area contributed by atoms with Crippen LogP contribution in [0.5, 0.6) is 5.75 Å². The fraction of sp³-hybridized carbons (Fsp3) is 0.333. The summed E-state index contributed by atoms with van der Waals surface area (Å²) in [6.07, 6.45) is 0. The van der Waals surface area contributed by atoms with Crippen LogP contribution in [0.3, 0.4) is 0 Å². The van der Waals surface area contributed by atoms with E-state index in [1.807, 2.05) is 31.2 Å². The Labute approximate surface area is 142 Å². The lowest BCUT2D eigenvalue weighted by Gasteiger charge is -2.10. The number of amides is 3. The highest BCUT2D eigenvalue weighted by atomic mass is 32.2. The molecule has 1 N–H and O–H groups in total. The van der Waals surface area contributed by atoms with E-state index in [0.29, 0.717) is 36.9 Å². The minimum atomic E-state index is -0.363. The number of para-hydroxylation sites is 1. The first-order valence-electron chi connectivity index (χ1n) is 7.45. The number of hydrogen-bond acceptors (Lipinski definition) is 7. The zero-order valence-electron chi connectivity index (χ0n) is 13.0. The molecule has 0 bridgehead atoms. The monoisotopic (exact) mass is 348 g/mol. The number of ether oxygens (including phenoxy) is 1. The van der Waals surface area contributed by atoms with Crippen molar-refractivity contribution < 1.29 is 18.7 Å². The fourth-order valence-corrected chi connectivity index (χ4v) is 2.85. The SMILES string of the molecule is CCOc1ccccc1-c1nnc(SCC(=O)N2CCNC2=O)o1. The van der Waals surface area contributed by atoms with Gasteiger partial charge in [-0.25, -0.2) is 4.79 Å². The number of nitrogens with one attached hydrogen (secondary N) is 1. The highest BCUT2D eigenvalue weighted by Crippen LogP contribution is 2.30. The summed E-state index contributed by atoms with van der Waals surface area (Å²) in [7, 11) is 0. The number of carbonyl (C=O) groups excluding carboxylic acids is 2. The van der Waals surface area contributed by atoms with E-state index >= 15 is 0 Å². The van der Waals surface area contributed by atoms with Gasteiger partial charge >= 0.3 is 6.03 Å². The third kappa shape index (κ3) is 3.51. The molecule has 1 saturated heterocycles. The molecule has 1 aliphatic heterocycles.